The van der Waals surface area contributed by atoms with E-state index in [9.17, 15) is 4.79 Å². The van der Waals surface area contributed by atoms with Crippen molar-refractivity contribution in [1.29, 1.82) is 0 Å². The number of amides is 1. The zero-order valence-corrected chi connectivity index (χ0v) is 24.2. The standard InChI is InChI=1S/C24H26Br2N4O3S2/c1-32-19-6-5-16(8-20(19)33-2)17-10-28-24(29-11-17)35-14-21(31)27-9-15-4-3-7-30(12-15)23-22(26)18(25)13-34-23/h5-6,8,10-11,13,15H,3-4,7,9,12,14H2,1-2H3,(H,27,31). The average Bonchev–Trinajstić information content (AvgIpc) is 3.24. The molecule has 1 aliphatic heterocycles. The zero-order chi connectivity index (χ0) is 24.8. The predicted octanol–water partition coefficient (Wildman–Crippen LogP) is 5.87. The molecule has 1 fully saturated rings. The van der Waals surface area contributed by atoms with Gasteiger partial charge in [-0.25, -0.2) is 9.97 Å². The third kappa shape index (κ3) is 6.69. The maximum Gasteiger partial charge on any atom is 0.230 e. The van der Waals surface area contributed by atoms with Crippen molar-refractivity contribution in [3.63, 3.8) is 0 Å². The Labute approximate surface area is 230 Å². The van der Waals surface area contributed by atoms with Crippen LogP contribution in [0.5, 0.6) is 11.5 Å². The molecule has 1 aliphatic rings. The molecule has 7 nitrogen and oxygen atoms in total. The quantitative estimate of drug-likeness (QED) is 0.231. The number of rotatable bonds is 9. The lowest BCUT2D eigenvalue weighted by Gasteiger charge is -2.33. The van der Waals surface area contributed by atoms with Crippen molar-refractivity contribution in [2.75, 3.05) is 44.5 Å². The van der Waals surface area contributed by atoms with Crippen LogP contribution in [0.1, 0.15) is 12.8 Å². The number of carbonyl (C=O) groups is 1. The molecule has 3 aromatic rings. The second-order valence-corrected chi connectivity index (χ2v) is 11.5. The van der Waals surface area contributed by atoms with Crippen LogP contribution < -0.4 is 19.7 Å². The largest absolute Gasteiger partial charge is 0.493 e. The van der Waals surface area contributed by atoms with Gasteiger partial charge in [0.05, 0.1) is 24.4 Å². The Morgan fingerprint density at radius 2 is 1.97 bits per heavy atom. The molecule has 2 aromatic heterocycles. The van der Waals surface area contributed by atoms with E-state index in [4.69, 9.17) is 9.47 Å². The molecule has 0 aliphatic carbocycles. The summed E-state index contributed by atoms with van der Waals surface area (Å²) in [5, 5.41) is 7.01. The Morgan fingerprint density at radius 1 is 1.20 bits per heavy atom. The minimum atomic E-state index is -0.000241. The number of benzene rings is 1. The van der Waals surface area contributed by atoms with Gasteiger partial charge in [0.15, 0.2) is 16.7 Å². The number of ether oxygens (including phenoxy) is 2. The lowest BCUT2D eigenvalue weighted by atomic mass is 9.98. The molecule has 3 heterocycles. The minimum absolute atomic E-state index is 0.000241. The molecule has 1 atom stereocenters. The molecule has 0 spiro atoms. The maximum absolute atomic E-state index is 12.4. The van der Waals surface area contributed by atoms with Crippen molar-refractivity contribution in [2.45, 2.75) is 18.0 Å². The van der Waals surface area contributed by atoms with Gasteiger partial charge < -0.3 is 19.7 Å². The molecule has 1 N–H and O–H groups in total. The maximum atomic E-state index is 12.4. The molecule has 11 heteroatoms. The number of carbonyl (C=O) groups excluding carboxylic acids is 1. The van der Waals surface area contributed by atoms with Crippen molar-refractivity contribution in [1.82, 2.24) is 15.3 Å². The third-order valence-corrected chi connectivity index (χ3v) is 10.2. The summed E-state index contributed by atoms with van der Waals surface area (Å²) in [4.78, 5) is 23.7. The molecule has 1 saturated heterocycles. The fraction of sp³-hybridized carbons (Fsp3) is 0.375. The lowest BCUT2D eigenvalue weighted by Crippen LogP contribution is -2.41. The van der Waals surface area contributed by atoms with Gasteiger partial charge in [0.2, 0.25) is 5.91 Å². The highest BCUT2D eigenvalue weighted by Crippen LogP contribution is 2.41. The molecule has 0 radical (unpaired) electrons. The Kier molecular flexibility index (Phi) is 9.32. The van der Waals surface area contributed by atoms with Gasteiger partial charge in [-0.3, -0.25) is 4.79 Å². The Bertz CT molecular complexity index is 1160. The Balaban J connectivity index is 1.25. The summed E-state index contributed by atoms with van der Waals surface area (Å²) in [5.41, 5.74) is 1.80. The number of hydrogen-bond donors (Lipinski definition) is 1. The average molecular weight is 642 g/mol. The van der Waals surface area contributed by atoms with E-state index < -0.39 is 0 Å². The molecule has 1 unspecified atom stereocenters. The molecule has 1 amide bonds. The van der Waals surface area contributed by atoms with Gasteiger partial charge in [-0.2, -0.15) is 0 Å². The fourth-order valence-electron chi connectivity index (χ4n) is 3.94. The van der Waals surface area contributed by atoms with Gasteiger partial charge >= 0.3 is 0 Å². The Morgan fingerprint density at radius 3 is 2.66 bits per heavy atom. The van der Waals surface area contributed by atoms with Crippen LogP contribution in [0.2, 0.25) is 0 Å². The molecule has 0 bridgehead atoms. The van der Waals surface area contributed by atoms with Crippen molar-refractivity contribution in [2.24, 2.45) is 5.92 Å². The van der Waals surface area contributed by atoms with Crippen molar-refractivity contribution in [3.8, 4) is 22.6 Å². The number of nitrogens with zero attached hydrogens (tertiary/aromatic N) is 3. The number of thiophene rings is 1. The topological polar surface area (TPSA) is 76.6 Å². The van der Waals surface area contributed by atoms with E-state index in [-0.39, 0.29) is 11.7 Å². The van der Waals surface area contributed by atoms with Gasteiger partial charge in [0.25, 0.3) is 0 Å². The summed E-state index contributed by atoms with van der Waals surface area (Å²) in [6.45, 7) is 2.67. The van der Waals surface area contributed by atoms with Gasteiger partial charge in [-0.15, -0.1) is 11.3 Å². The predicted molar refractivity (Wildman–Crippen MR) is 149 cm³/mol. The second kappa shape index (κ2) is 12.4. The third-order valence-electron chi connectivity index (χ3n) is 5.74. The summed E-state index contributed by atoms with van der Waals surface area (Å²) < 4.78 is 12.9. The number of piperidine rings is 1. The zero-order valence-electron chi connectivity index (χ0n) is 19.4. The highest BCUT2D eigenvalue weighted by Gasteiger charge is 2.23. The van der Waals surface area contributed by atoms with Gasteiger partial charge in [-0.05, 0) is 68.3 Å². The first-order chi connectivity index (χ1) is 17.0. The van der Waals surface area contributed by atoms with E-state index in [1.807, 2.05) is 18.2 Å². The van der Waals surface area contributed by atoms with E-state index in [1.165, 1.54) is 16.8 Å². The first kappa shape index (κ1) is 26.2. The van der Waals surface area contributed by atoms with Crippen molar-refractivity contribution < 1.29 is 14.3 Å². The number of anilines is 1. The molecule has 35 heavy (non-hydrogen) atoms. The number of halogens is 2. The van der Waals surface area contributed by atoms with Gasteiger partial charge in [0.1, 0.15) is 5.00 Å². The summed E-state index contributed by atoms with van der Waals surface area (Å²) in [7, 11) is 3.21. The summed E-state index contributed by atoms with van der Waals surface area (Å²) in [6.07, 6.45) is 5.75. The van der Waals surface area contributed by atoms with Crippen LogP contribution in [0.4, 0.5) is 5.00 Å². The highest BCUT2D eigenvalue weighted by molar-refractivity contribution is 9.13. The van der Waals surface area contributed by atoms with Crippen LogP contribution in [0.3, 0.4) is 0 Å². The summed E-state index contributed by atoms with van der Waals surface area (Å²) in [6, 6.07) is 5.67. The number of thioether (sulfide) groups is 1. The van der Waals surface area contributed by atoms with E-state index >= 15 is 0 Å². The molecular weight excluding hydrogens is 616 g/mol. The van der Waals surface area contributed by atoms with Crippen molar-refractivity contribution in [3.05, 3.63) is 44.9 Å². The number of hydrogen-bond acceptors (Lipinski definition) is 8. The molecule has 1 aromatic carbocycles. The van der Waals surface area contributed by atoms with Crippen LogP contribution in [0.15, 0.2) is 50.1 Å². The van der Waals surface area contributed by atoms with Crippen LogP contribution in [-0.4, -0.2) is 55.5 Å². The van der Waals surface area contributed by atoms with Crippen LogP contribution in [0.25, 0.3) is 11.1 Å². The monoisotopic (exact) mass is 640 g/mol. The minimum Gasteiger partial charge on any atom is -0.493 e. The number of methoxy groups -OCH3 is 2. The van der Waals surface area contributed by atoms with Gasteiger partial charge in [-0.1, -0.05) is 17.8 Å². The molecule has 0 saturated carbocycles. The van der Waals surface area contributed by atoms with E-state index in [0.717, 1.165) is 46.0 Å². The van der Waals surface area contributed by atoms with E-state index in [0.29, 0.717) is 29.1 Å². The number of aromatic nitrogens is 2. The molecular formula is C24H26Br2N4O3S2. The van der Waals surface area contributed by atoms with Gasteiger partial charge in [0, 0.05) is 47.4 Å². The first-order valence-electron chi connectivity index (χ1n) is 11.1. The fourth-order valence-corrected chi connectivity index (χ4v) is 6.81. The summed E-state index contributed by atoms with van der Waals surface area (Å²) >= 11 is 10.3. The van der Waals surface area contributed by atoms with Crippen LogP contribution in [0, 0.1) is 5.92 Å². The number of nitrogens with one attached hydrogen (secondary N) is 1. The smallest absolute Gasteiger partial charge is 0.230 e. The Hall–Kier alpha value is -1.82. The lowest BCUT2D eigenvalue weighted by molar-refractivity contribution is -0.118. The van der Waals surface area contributed by atoms with Crippen molar-refractivity contribution >= 4 is 65.9 Å². The van der Waals surface area contributed by atoms with Crippen LogP contribution in [-0.2, 0) is 4.79 Å². The molecule has 4 rings (SSSR count). The molecule has 186 valence electrons. The summed E-state index contributed by atoms with van der Waals surface area (Å²) in [5.74, 6) is 2.04. The van der Waals surface area contributed by atoms with E-state index in [1.54, 1.807) is 38.0 Å². The second-order valence-electron chi connectivity index (χ2n) is 8.07. The first-order valence-corrected chi connectivity index (χ1v) is 14.5. The van der Waals surface area contributed by atoms with Crippen LogP contribution >= 0.6 is 55.0 Å². The normalized spacial score (nSPS) is 15.7. The van der Waals surface area contributed by atoms with E-state index in [2.05, 4.69) is 57.4 Å². The SMILES string of the molecule is COc1ccc(-c2cnc(SCC(=O)NCC3CCCN(c4scc(Br)c4Br)C3)nc2)cc1OC. The highest BCUT2D eigenvalue weighted by atomic mass is 79.9.